The number of carbonyl (C=O) groups is 1. The van der Waals surface area contributed by atoms with E-state index in [4.69, 9.17) is 5.73 Å². The van der Waals surface area contributed by atoms with E-state index in [9.17, 15) is 13.6 Å². The number of hydrogen-bond donors (Lipinski definition) is 2. The number of hydrogen-bond acceptors (Lipinski definition) is 4. The van der Waals surface area contributed by atoms with Crippen LogP contribution in [0.2, 0.25) is 0 Å². The maximum absolute atomic E-state index is 14.3. The summed E-state index contributed by atoms with van der Waals surface area (Å²) in [6.07, 6.45) is 6.13. The maximum Gasteiger partial charge on any atom is 0.274 e. The quantitative estimate of drug-likeness (QED) is 0.626. The van der Waals surface area contributed by atoms with E-state index in [1.165, 1.54) is 24.3 Å². The van der Waals surface area contributed by atoms with Crippen LogP contribution in [-0.2, 0) is 0 Å². The molecular weight excluding hydrogens is 398 g/mol. The standard InChI is InChI=1S/C24H24F2N4O/c1-14-6-7-15(12-20(14)27)16-10-11-28-13-22(16)30-24(31)21-9-8-19(26)23(29-21)17-4-2-3-5-18(17)25/h2-5,8-11,13-15,20H,6-7,12,27H2,1H3,(H,30,31)/t14-,15+,20+/m0/s1. The number of halogens is 2. The molecule has 7 heteroatoms. The van der Waals surface area contributed by atoms with Crippen LogP contribution < -0.4 is 11.1 Å². The van der Waals surface area contributed by atoms with E-state index < -0.39 is 17.5 Å². The smallest absolute Gasteiger partial charge is 0.274 e. The number of amides is 1. The van der Waals surface area contributed by atoms with E-state index in [1.54, 1.807) is 18.5 Å². The highest BCUT2D eigenvalue weighted by Gasteiger charge is 2.28. The molecule has 0 spiro atoms. The summed E-state index contributed by atoms with van der Waals surface area (Å²) in [5.41, 5.74) is 7.61. The number of carbonyl (C=O) groups excluding carboxylic acids is 1. The van der Waals surface area contributed by atoms with Crippen molar-refractivity contribution in [3.05, 3.63) is 77.8 Å². The number of aromatic nitrogens is 2. The van der Waals surface area contributed by atoms with Gasteiger partial charge in [-0.3, -0.25) is 9.78 Å². The first-order valence-corrected chi connectivity index (χ1v) is 10.4. The highest BCUT2D eigenvalue weighted by atomic mass is 19.1. The largest absolute Gasteiger partial charge is 0.327 e. The molecule has 4 rings (SSSR count). The Morgan fingerprint density at radius 2 is 1.90 bits per heavy atom. The predicted molar refractivity (Wildman–Crippen MR) is 116 cm³/mol. The molecule has 2 aromatic heterocycles. The Morgan fingerprint density at radius 3 is 2.68 bits per heavy atom. The molecule has 5 nitrogen and oxygen atoms in total. The van der Waals surface area contributed by atoms with E-state index >= 15 is 0 Å². The van der Waals surface area contributed by atoms with Gasteiger partial charge in [0.15, 0.2) is 0 Å². The Morgan fingerprint density at radius 1 is 1.10 bits per heavy atom. The van der Waals surface area contributed by atoms with Gasteiger partial charge in [0.05, 0.1) is 11.9 Å². The molecule has 1 saturated carbocycles. The first-order chi connectivity index (χ1) is 14.9. The Hall–Kier alpha value is -3.19. The molecular formula is C24H24F2N4O. The van der Waals surface area contributed by atoms with Crippen LogP contribution in [0.1, 0.15) is 48.2 Å². The van der Waals surface area contributed by atoms with Crippen molar-refractivity contribution in [1.29, 1.82) is 0 Å². The van der Waals surface area contributed by atoms with Crippen LogP contribution >= 0.6 is 0 Å². The zero-order valence-corrected chi connectivity index (χ0v) is 17.2. The van der Waals surface area contributed by atoms with Crippen molar-refractivity contribution >= 4 is 11.6 Å². The summed E-state index contributed by atoms with van der Waals surface area (Å²) >= 11 is 0. The number of nitrogens with one attached hydrogen (secondary N) is 1. The lowest BCUT2D eigenvalue weighted by molar-refractivity contribution is 0.102. The second kappa shape index (κ2) is 8.89. The summed E-state index contributed by atoms with van der Waals surface area (Å²) in [6.45, 7) is 2.16. The maximum atomic E-state index is 14.3. The molecule has 1 fully saturated rings. The average Bonchev–Trinajstić information content (AvgIpc) is 2.77. The molecule has 0 aliphatic heterocycles. The lowest BCUT2D eigenvalue weighted by Gasteiger charge is -2.32. The molecule has 160 valence electrons. The van der Waals surface area contributed by atoms with E-state index in [1.807, 2.05) is 6.07 Å². The molecule has 0 saturated heterocycles. The molecule has 3 aromatic rings. The van der Waals surface area contributed by atoms with Crippen molar-refractivity contribution in [1.82, 2.24) is 9.97 Å². The highest BCUT2D eigenvalue weighted by molar-refractivity contribution is 6.03. The van der Waals surface area contributed by atoms with E-state index in [2.05, 4.69) is 22.2 Å². The lowest BCUT2D eigenvalue weighted by Crippen LogP contribution is -2.34. The van der Waals surface area contributed by atoms with Crippen LogP contribution in [0.5, 0.6) is 0 Å². The monoisotopic (exact) mass is 422 g/mol. The lowest BCUT2D eigenvalue weighted by atomic mass is 9.76. The van der Waals surface area contributed by atoms with Crippen molar-refractivity contribution in [3.63, 3.8) is 0 Å². The van der Waals surface area contributed by atoms with E-state index in [0.29, 0.717) is 11.6 Å². The molecule has 3 atom stereocenters. The van der Waals surface area contributed by atoms with Gasteiger partial charge in [0.25, 0.3) is 5.91 Å². The first kappa shape index (κ1) is 21.1. The Balaban J connectivity index is 1.60. The number of benzene rings is 1. The number of pyridine rings is 2. The third-order valence-electron chi connectivity index (χ3n) is 6.01. The van der Waals surface area contributed by atoms with Crippen molar-refractivity contribution < 1.29 is 13.6 Å². The molecule has 2 heterocycles. The van der Waals surface area contributed by atoms with Crippen molar-refractivity contribution in [2.24, 2.45) is 11.7 Å². The molecule has 1 aliphatic rings. The third kappa shape index (κ3) is 4.46. The third-order valence-corrected chi connectivity index (χ3v) is 6.01. The van der Waals surface area contributed by atoms with Crippen molar-refractivity contribution in [2.45, 2.75) is 38.1 Å². The van der Waals surface area contributed by atoms with Crippen LogP contribution in [0, 0.1) is 17.6 Å². The summed E-state index contributed by atoms with van der Waals surface area (Å²) in [5.74, 6) is -1.13. The summed E-state index contributed by atoms with van der Waals surface area (Å²) in [4.78, 5) is 21.1. The predicted octanol–water partition coefficient (Wildman–Crippen LogP) is 4.91. The van der Waals surface area contributed by atoms with Gasteiger partial charge in [0, 0.05) is 17.8 Å². The van der Waals surface area contributed by atoms with Gasteiger partial charge < -0.3 is 11.1 Å². The van der Waals surface area contributed by atoms with Gasteiger partial charge in [-0.25, -0.2) is 13.8 Å². The van der Waals surface area contributed by atoms with Crippen LogP contribution in [0.25, 0.3) is 11.3 Å². The number of rotatable bonds is 4. The molecule has 1 amide bonds. The Labute approximate surface area is 179 Å². The molecule has 1 aliphatic carbocycles. The van der Waals surface area contributed by atoms with Crippen LogP contribution in [-0.4, -0.2) is 21.9 Å². The molecule has 0 bridgehead atoms. The van der Waals surface area contributed by atoms with Crippen LogP contribution in [0.3, 0.4) is 0 Å². The van der Waals surface area contributed by atoms with Gasteiger partial charge in [-0.05, 0) is 67.0 Å². The molecule has 3 N–H and O–H groups in total. The van der Waals surface area contributed by atoms with Gasteiger partial charge in [-0.2, -0.15) is 0 Å². The highest BCUT2D eigenvalue weighted by Crippen LogP contribution is 2.38. The topological polar surface area (TPSA) is 80.9 Å². The fourth-order valence-electron chi connectivity index (χ4n) is 4.10. The second-order valence-electron chi connectivity index (χ2n) is 8.07. The van der Waals surface area contributed by atoms with Gasteiger partial charge in [-0.1, -0.05) is 19.1 Å². The SMILES string of the molecule is C[C@H]1CC[C@@H](c2ccncc2NC(=O)c2ccc(F)c(-c3ccccc3F)n2)C[C@H]1N. The minimum absolute atomic E-state index is 0.00188. The van der Waals surface area contributed by atoms with Crippen molar-refractivity contribution in [2.75, 3.05) is 5.32 Å². The van der Waals surface area contributed by atoms with Gasteiger partial charge in [0.2, 0.25) is 0 Å². The van der Waals surface area contributed by atoms with Gasteiger partial charge >= 0.3 is 0 Å². The molecule has 1 aromatic carbocycles. The zero-order chi connectivity index (χ0) is 22.0. The summed E-state index contributed by atoms with van der Waals surface area (Å²) < 4.78 is 28.4. The Bertz CT molecular complexity index is 1100. The fraction of sp³-hybridized carbons (Fsp3) is 0.292. The van der Waals surface area contributed by atoms with Crippen molar-refractivity contribution in [3.8, 4) is 11.3 Å². The average molecular weight is 422 g/mol. The molecule has 31 heavy (non-hydrogen) atoms. The van der Waals surface area contributed by atoms with Crippen LogP contribution in [0.4, 0.5) is 14.5 Å². The molecule has 0 unspecified atom stereocenters. The van der Waals surface area contributed by atoms with E-state index in [0.717, 1.165) is 30.9 Å². The zero-order valence-electron chi connectivity index (χ0n) is 17.2. The minimum atomic E-state index is -0.700. The fourth-order valence-corrected chi connectivity index (χ4v) is 4.10. The normalized spacial score (nSPS) is 21.0. The van der Waals surface area contributed by atoms with Gasteiger partial charge in [-0.15, -0.1) is 0 Å². The Kier molecular flexibility index (Phi) is 6.04. The summed E-state index contributed by atoms with van der Waals surface area (Å²) in [6, 6.07) is 10.1. The number of anilines is 1. The minimum Gasteiger partial charge on any atom is -0.327 e. The second-order valence-corrected chi connectivity index (χ2v) is 8.07. The summed E-state index contributed by atoms with van der Waals surface area (Å²) in [5, 5.41) is 2.84. The molecule has 0 radical (unpaired) electrons. The summed E-state index contributed by atoms with van der Waals surface area (Å²) in [7, 11) is 0. The van der Waals surface area contributed by atoms with E-state index in [-0.39, 0.29) is 28.9 Å². The van der Waals surface area contributed by atoms with Gasteiger partial charge in [0.1, 0.15) is 23.0 Å². The first-order valence-electron chi connectivity index (χ1n) is 10.4. The van der Waals surface area contributed by atoms with Crippen LogP contribution in [0.15, 0.2) is 54.9 Å². The number of nitrogens with two attached hydrogens (primary N) is 1. The number of nitrogens with zero attached hydrogens (tertiary/aromatic N) is 2.